The summed E-state index contributed by atoms with van der Waals surface area (Å²) in [7, 11) is 1.63. The number of nitrogens with zero attached hydrogens (tertiary/aromatic N) is 5. The quantitative estimate of drug-likeness (QED) is 0.139. The van der Waals surface area contributed by atoms with Crippen molar-refractivity contribution < 1.29 is 28.3 Å². The Morgan fingerprint density at radius 1 is 0.894 bits per heavy atom. The van der Waals surface area contributed by atoms with E-state index in [0.29, 0.717) is 24.3 Å². The van der Waals surface area contributed by atoms with E-state index >= 15 is 0 Å². The van der Waals surface area contributed by atoms with Crippen LogP contribution in [0, 0.1) is 0 Å². The summed E-state index contributed by atoms with van der Waals surface area (Å²) in [4.78, 5) is 54.8. The third-order valence-electron chi connectivity index (χ3n) is 7.55. The molecule has 5 rings (SSSR count). The van der Waals surface area contributed by atoms with Gasteiger partial charge in [0.15, 0.2) is 17.2 Å². The van der Waals surface area contributed by atoms with Crippen LogP contribution >= 0.6 is 0 Å². The molecule has 2 aromatic carbocycles. The van der Waals surface area contributed by atoms with Crippen molar-refractivity contribution in [3.63, 3.8) is 0 Å². The number of anilines is 3. The molecule has 13 heteroatoms. The van der Waals surface area contributed by atoms with E-state index in [1.807, 2.05) is 25.1 Å². The topological polar surface area (TPSA) is 154 Å². The minimum absolute atomic E-state index is 0.0158. The minimum Gasteiger partial charge on any atom is -0.448 e. The predicted octanol–water partition coefficient (Wildman–Crippen LogP) is 6.49. The Hall–Kier alpha value is -5.72. The average molecular weight is 640 g/mol. The number of hydrogen-bond donors (Lipinski definition) is 2. The first-order valence-electron chi connectivity index (χ1n) is 15.6. The second-order valence-electron chi connectivity index (χ2n) is 10.8. The Kier molecular flexibility index (Phi) is 10.5. The van der Waals surface area contributed by atoms with Crippen LogP contribution in [0.25, 0.3) is 11.1 Å². The molecule has 244 valence electrons. The maximum absolute atomic E-state index is 13.6. The summed E-state index contributed by atoms with van der Waals surface area (Å²) in [6, 6.07) is 18.5. The fourth-order valence-corrected chi connectivity index (χ4v) is 5.09. The number of furan rings is 1. The molecule has 0 spiro atoms. The Morgan fingerprint density at radius 2 is 1.64 bits per heavy atom. The fraction of sp³-hybridized carbons (Fsp3) is 0.294. The van der Waals surface area contributed by atoms with E-state index in [2.05, 4.69) is 27.8 Å². The van der Waals surface area contributed by atoms with Crippen LogP contribution in [0.1, 0.15) is 77.4 Å². The lowest BCUT2D eigenvalue weighted by atomic mass is 10.1. The molecule has 0 fully saturated rings. The van der Waals surface area contributed by atoms with E-state index in [4.69, 9.17) is 9.15 Å². The number of fused-ring (bicyclic) bond motifs is 1. The zero-order chi connectivity index (χ0) is 33.3. The summed E-state index contributed by atoms with van der Waals surface area (Å²) in [5.41, 5.74) is 1.51. The van der Waals surface area contributed by atoms with Gasteiger partial charge in [-0.05, 0) is 43.7 Å². The molecule has 0 aliphatic heterocycles. The van der Waals surface area contributed by atoms with Gasteiger partial charge in [-0.1, -0.05) is 62.9 Å². The van der Waals surface area contributed by atoms with Crippen LogP contribution < -0.4 is 15.5 Å². The second kappa shape index (κ2) is 15.0. The van der Waals surface area contributed by atoms with Crippen LogP contribution in [-0.2, 0) is 11.8 Å². The summed E-state index contributed by atoms with van der Waals surface area (Å²) in [5, 5.41) is 13.7. The van der Waals surface area contributed by atoms with Crippen LogP contribution in [-0.4, -0.2) is 56.5 Å². The number of aryl methyl sites for hydroxylation is 1. The Balaban J connectivity index is 1.44. The van der Waals surface area contributed by atoms with Gasteiger partial charge in [-0.15, -0.1) is 5.10 Å². The number of rotatable bonds is 13. The number of carbonyl (C=O) groups is 4. The molecular formula is C34H37N7O6. The molecule has 0 unspecified atom stereocenters. The molecule has 3 aromatic heterocycles. The number of ether oxygens (including phenoxy) is 1. The van der Waals surface area contributed by atoms with Gasteiger partial charge in [0.1, 0.15) is 11.2 Å². The fourth-order valence-electron chi connectivity index (χ4n) is 5.09. The molecule has 0 aliphatic carbocycles. The highest BCUT2D eigenvalue weighted by Gasteiger charge is 2.28. The lowest BCUT2D eigenvalue weighted by molar-refractivity contribution is 0.0962. The summed E-state index contributed by atoms with van der Waals surface area (Å²) in [6.07, 6.45) is 5.59. The Morgan fingerprint density at radius 3 is 2.36 bits per heavy atom. The molecule has 0 atom stereocenters. The number of amides is 3. The van der Waals surface area contributed by atoms with E-state index < -0.39 is 23.8 Å². The Labute approximate surface area is 271 Å². The van der Waals surface area contributed by atoms with Crippen LogP contribution in [0.3, 0.4) is 0 Å². The molecule has 3 heterocycles. The van der Waals surface area contributed by atoms with Crippen LogP contribution in [0.2, 0.25) is 0 Å². The lowest BCUT2D eigenvalue weighted by Crippen LogP contribution is -2.30. The number of benzene rings is 2. The molecule has 5 aromatic rings. The standard InChI is InChI=1S/C34H37N7O6/c1-4-6-7-8-14-21-46-34(45)41-27-22-28(33(44)40(5-2)23-15-10-9-11-16-23)47-29(27)30(38-41)37-31(42)24-17-12-13-18-25(24)36-32(43)26-19-20-35-39(26)3/h9-13,15-20,22H,4-8,14,21H2,1-3H3,(H,36,43)(H,37,38,42). The van der Waals surface area contributed by atoms with E-state index in [1.165, 1.54) is 27.9 Å². The van der Waals surface area contributed by atoms with E-state index in [-0.39, 0.29) is 40.5 Å². The first-order valence-corrected chi connectivity index (χ1v) is 15.6. The van der Waals surface area contributed by atoms with Gasteiger partial charge < -0.3 is 24.7 Å². The largest absolute Gasteiger partial charge is 0.448 e. The van der Waals surface area contributed by atoms with E-state index in [9.17, 15) is 19.2 Å². The van der Waals surface area contributed by atoms with Crippen molar-refractivity contribution in [2.45, 2.75) is 46.0 Å². The summed E-state index contributed by atoms with van der Waals surface area (Å²) in [5.74, 6) is -1.68. The molecule has 13 nitrogen and oxygen atoms in total. The molecule has 2 N–H and O–H groups in total. The monoisotopic (exact) mass is 639 g/mol. The van der Waals surface area contributed by atoms with Gasteiger partial charge in [-0.2, -0.15) is 9.78 Å². The first-order chi connectivity index (χ1) is 22.8. The number of carbonyl (C=O) groups excluding carboxylic acids is 4. The zero-order valence-corrected chi connectivity index (χ0v) is 26.6. The Bertz CT molecular complexity index is 1870. The molecule has 0 radical (unpaired) electrons. The molecule has 47 heavy (non-hydrogen) atoms. The third-order valence-corrected chi connectivity index (χ3v) is 7.55. The van der Waals surface area contributed by atoms with Crippen LogP contribution in [0.4, 0.5) is 22.0 Å². The van der Waals surface area contributed by atoms with Crippen molar-refractivity contribution >= 4 is 52.1 Å². The van der Waals surface area contributed by atoms with Gasteiger partial charge in [0.25, 0.3) is 17.7 Å². The van der Waals surface area contributed by atoms with Gasteiger partial charge in [0, 0.05) is 31.5 Å². The van der Waals surface area contributed by atoms with Crippen molar-refractivity contribution in [2.75, 3.05) is 28.7 Å². The maximum Gasteiger partial charge on any atom is 0.435 e. The molecular weight excluding hydrogens is 602 g/mol. The second-order valence-corrected chi connectivity index (χ2v) is 10.8. The van der Waals surface area contributed by atoms with Gasteiger partial charge in [0.05, 0.1) is 17.9 Å². The molecule has 0 aliphatic rings. The smallest absolute Gasteiger partial charge is 0.435 e. The van der Waals surface area contributed by atoms with Gasteiger partial charge >= 0.3 is 6.09 Å². The summed E-state index contributed by atoms with van der Waals surface area (Å²) in [6.45, 7) is 4.51. The van der Waals surface area contributed by atoms with Crippen molar-refractivity contribution in [1.29, 1.82) is 0 Å². The van der Waals surface area contributed by atoms with Crippen molar-refractivity contribution in [2.24, 2.45) is 7.05 Å². The molecule has 3 amide bonds. The maximum atomic E-state index is 13.6. The number of nitrogens with one attached hydrogen (secondary N) is 2. The van der Waals surface area contributed by atoms with E-state index in [1.54, 1.807) is 43.4 Å². The van der Waals surface area contributed by atoms with Gasteiger partial charge in [0.2, 0.25) is 0 Å². The molecule has 0 saturated carbocycles. The van der Waals surface area contributed by atoms with Crippen molar-refractivity contribution in [3.05, 3.63) is 89.9 Å². The normalized spacial score (nSPS) is 11.0. The van der Waals surface area contributed by atoms with Crippen molar-refractivity contribution in [1.82, 2.24) is 19.6 Å². The minimum atomic E-state index is -0.773. The molecule has 0 bridgehead atoms. The van der Waals surface area contributed by atoms with Crippen LogP contribution in [0.15, 0.2) is 77.3 Å². The van der Waals surface area contributed by atoms with Crippen molar-refractivity contribution in [3.8, 4) is 0 Å². The predicted molar refractivity (Wildman–Crippen MR) is 177 cm³/mol. The molecule has 0 saturated heterocycles. The number of aromatic nitrogens is 4. The van der Waals surface area contributed by atoms with Gasteiger partial charge in [-0.3, -0.25) is 19.1 Å². The third kappa shape index (κ3) is 7.40. The SMILES string of the molecule is CCCCCCCOC(=O)n1nc(NC(=O)c2ccccc2NC(=O)c2ccnn2C)c2oc(C(=O)N(CC)c3ccccc3)cc21. The lowest BCUT2D eigenvalue weighted by Gasteiger charge is -2.19. The summed E-state index contributed by atoms with van der Waals surface area (Å²) >= 11 is 0. The van der Waals surface area contributed by atoms with Gasteiger partial charge in [-0.25, -0.2) is 4.79 Å². The summed E-state index contributed by atoms with van der Waals surface area (Å²) < 4.78 is 13.9. The number of unbranched alkanes of at least 4 members (excludes halogenated alkanes) is 4. The first kappa shape index (κ1) is 32.7. The highest BCUT2D eigenvalue weighted by Crippen LogP contribution is 2.30. The number of para-hydroxylation sites is 2. The average Bonchev–Trinajstić information content (AvgIpc) is 3.80. The van der Waals surface area contributed by atoms with Crippen LogP contribution in [0.5, 0.6) is 0 Å². The van der Waals surface area contributed by atoms with E-state index in [0.717, 1.165) is 30.4 Å². The zero-order valence-electron chi connectivity index (χ0n) is 26.6. The number of hydrogen-bond acceptors (Lipinski definition) is 8. The highest BCUT2D eigenvalue weighted by molar-refractivity contribution is 6.14. The highest BCUT2D eigenvalue weighted by atomic mass is 16.6.